The number of quaternary nitrogens is 1. The minimum Gasteiger partial charge on any atom is -0.468 e. The highest BCUT2D eigenvalue weighted by molar-refractivity contribution is 7.89. The summed E-state index contributed by atoms with van der Waals surface area (Å²) in [5.41, 5.74) is 1.63. The number of hydrogen-bond acceptors (Lipinski definition) is 5. The van der Waals surface area contributed by atoms with E-state index in [0.29, 0.717) is 31.1 Å². The summed E-state index contributed by atoms with van der Waals surface area (Å²) in [5, 5.41) is 2.50. The Labute approximate surface area is 154 Å². The fourth-order valence-electron chi connectivity index (χ4n) is 2.88. The largest absolute Gasteiger partial charge is 0.468 e. The average Bonchev–Trinajstić information content (AvgIpc) is 2.62. The summed E-state index contributed by atoms with van der Waals surface area (Å²) in [5.74, 6) is -0.756. The van der Waals surface area contributed by atoms with Crippen LogP contribution in [0.1, 0.15) is 11.1 Å². The lowest BCUT2D eigenvalue weighted by Crippen LogP contribution is -3.15. The normalized spacial score (nSPS) is 16.3. The molecule has 26 heavy (non-hydrogen) atoms. The third kappa shape index (κ3) is 5.03. The van der Waals surface area contributed by atoms with Crippen molar-refractivity contribution in [2.45, 2.75) is 18.7 Å². The Hall–Kier alpha value is -1.97. The number of aryl methyl sites for hydroxylation is 2. The third-order valence-corrected chi connectivity index (χ3v) is 6.50. The number of piperazine rings is 1. The van der Waals surface area contributed by atoms with Crippen LogP contribution in [0.3, 0.4) is 0 Å². The Morgan fingerprint density at radius 1 is 1.23 bits per heavy atom. The smallest absolute Gasteiger partial charge is 0.325 e. The van der Waals surface area contributed by atoms with Crippen LogP contribution in [0, 0.1) is 13.8 Å². The lowest BCUT2D eigenvalue weighted by atomic mass is 10.2. The molecule has 1 heterocycles. The van der Waals surface area contributed by atoms with Gasteiger partial charge in [-0.25, -0.2) is 8.42 Å². The zero-order valence-electron chi connectivity index (χ0n) is 15.4. The van der Waals surface area contributed by atoms with Crippen LogP contribution in [-0.4, -0.2) is 71.0 Å². The van der Waals surface area contributed by atoms with E-state index < -0.39 is 16.0 Å². The number of rotatable bonds is 6. The zero-order valence-corrected chi connectivity index (χ0v) is 16.2. The van der Waals surface area contributed by atoms with Crippen LogP contribution in [0.5, 0.6) is 0 Å². The summed E-state index contributed by atoms with van der Waals surface area (Å²) in [6.45, 7) is 5.49. The second-order valence-corrected chi connectivity index (χ2v) is 8.36. The molecule has 8 nitrogen and oxygen atoms in total. The maximum atomic E-state index is 12.9. The van der Waals surface area contributed by atoms with E-state index in [0.717, 1.165) is 16.0 Å². The number of hydrogen-bond donors (Lipinski definition) is 2. The molecule has 0 bridgehead atoms. The van der Waals surface area contributed by atoms with Crippen molar-refractivity contribution in [3.05, 3.63) is 29.3 Å². The summed E-state index contributed by atoms with van der Waals surface area (Å²) in [4.78, 5) is 24.2. The van der Waals surface area contributed by atoms with Crippen LogP contribution < -0.4 is 10.2 Å². The molecule has 144 valence electrons. The number of esters is 1. The number of carbonyl (C=O) groups is 2. The number of methoxy groups -OCH3 is 1. The van der Waals surface area contributed by atoms with E-state index in [4.69, 9.17) is 0 Å². The first-order valence-corrected chi connectivity index (χ1v) is 9.92. The minimum atomic E-state index is -3.53. The predicted octanol–water partition coefficient (Wildman–Crippen LogP) is -1.52. The molecule has 0 unspecified atom stereocenters. The summed E-state index contributed by atoms with van der Waals surface area (Å²) in [6.07, 6.45) is 0. The molecule has 1 aromatic carbocycles. The molecule has 0 aliphatic carbocycles. The molecular formula is C17H26N3O5S+. The van der Waals surface area contributed by atoms with Gasteiger partial charge in [0, 0.05) is 0 Å². The predicted molar refractivity (Wildman–Crippen MR) is 95.3 cm³/mol. The van der Waals surface area contributed by atoms with Crippen molar-refractivity contribution in [2.75, 3.05) is 46.4 Å². The number of carbonyl (C=O) groups excluding carboxylic acids is 2. The van der Waals surface area contributed by atoms with Crippen LogP contribution >= 0.6 is 0 Å². The first kappa shape index (κ1) is 20.3. The van der Waals surface area contributed by atoms with Gasteiger partial charge >= 0.3 is 5.97 Å². The highest BCUT2D eigenvalue weighted by Gasteiger charge is 2.32. The van der Waals surface area contributed by atoms with E-state index in [9.17, 15) is 18.0 Å². The first-order valence-electron chi connectivity index (χ1n) is 8.48. The topological polar surface area (TPSA) is 97.2 Å². The number of sulfonamides is 1. The van der Waals surface area contributed by atoms with Crippen LogP contribution in [0.25, 0.3) is 0 Å². The molecule has 1 amide bonds. The molecule has 2 rings (SSSR count). The lowest BCUT2D eigenvalue weighted by molar-refractivity contribution is -0.895. The highest BCUT2D eigenvalue weighted by atomic mass is 32.2. The van der Waals surface area contributed by atoms with Crippen molar-refractivity contribution in [2.24, 2.45) is 0 Å². The van der Waals surface area contributed by atoms with Gasteiger partial charge in [0.25, 0.3) is 5.91 Å². The number of amides is 1. The summed E-state index contributed by atoms with van der Waals surface area (Å²) in [7, 11) is -2.27. The Balaban J connectivity index is 1.92. The summed E-state index contributed by atoms with van der Waals surface area (Å²) in [6, 6.07) is 5.41. The lowest BCUT2D eigenvalue weighted by Gasteiger charge is -2.31. The van der Waals surface area contributed by atoms with Gasteiger partial charge < -0.3 is 15.0 Å². The fourth-order valence-corrected chi connectivity index (χ4v) is 4.63. The number of benzene rings is 1. The van der Waals surface area contributed by atoms with Crippen LogP contribution in [-0.2, 0) is 24.3 Å². The van der Waals surface area contributed by atoms with Crippen molar-refractivity contribution in [3.8, 4) is 0 Å². The van der Waals surface area contributed by atoms with Gasteiger partial charge in [-0.05, 0) is 31.0 Å². The molecule has 1 aliphatic rings. The van der Waals surface area contributed by atoms with Crippen molar-refractivity contribution < 1.29 is 27.6 Å². The monoisotopic (exact) mass is 384 g/mol. The molecule has 1 aliphatic heterocycles. The average molecular weight is 384 g/mol. The Morgan fingerprint density at radius 3 is 2.50 bits per heavy atom. The molecule has 0 saturated carbocycles. The van der Waals surface area contributed by atoms with Crippen LogP contribution in [0.15, 0.2) is 23.1 Å². The molecule has 0 aromatic heterocycles. The van der Waals surface area contributed by atoms with Crippen molar-refractivity contribution in [1.82, 2.24) is 9.62 Å². The van der Waals surface area contributed by atoms with Gasteiger partial charge in [0.2, 0.25) is 10.0 Å². The van der Waals surface area contributed by atoms with Crippen molar-refractivity contribution in [3.63, 3.8) is 0 Å². The van der Waals surface area contributed by atoms with E-state index in [1.54, 1.807) is 13.0 Å². The van der Waals surface area contributed by atoms with Gasteiger partial charge in [-0.3, -0.25) is 9.59 Å². The quantitative estimate of drug-likeness (QED) is 0.581. The molecule has 0 atom stereocenters. The van der Waals surface area contributed by atoms with Gasteiger partial charge in [-0.2, -0.15) is 4.31 Å². The molecular weight excluding hydrogens is 358 g/mol. The van der Waals surface area contributed by atoms with E-state index in [1.807, 2.05) is 19.1 Å². The maximum absolute atomic E-state index is 12.9. The Morgan fingerprint density at radius 2 is 1.88 bits per heavy atom. The third-order valence-electron chi connectivity index (χ3n) is 4.46. The second kappa shape index (κ2) is 8.61. The summed E-state index contributed by atoms with van der Waals surface area (Å²) < 4.78 is 31.7. The molecule has 2 N–H and O–H groups in total. The number of nitrogens with one attached hydrogen (secondary N) is 2. The zero-order chi connectivity index (χ0) is 19.3. The first-order chi connectivity index (χ1) is 12.2. The fraction of sp³-hybridized carbons (Fsp3) is 0.529. The second-order valence-electron chi connectivity index (χ2n) is 6.45. The van der Waals surface area contributed by atoms with Gasteiger partial charge in [-0.1, -0.05) is 12.1 Å². The highest BCUT2D eigenvalue weighted by Crippen LogP contribution is 2.21. The minimum absolute atomic E-state index is 0.157. The van der Waals surface area contributed by atoms with Gasteiger partial charge in [-0.15, -0.1) is 0 Å². The van der Waals surface area contributed by atoms with Gasteiger partial charge in [0.15, 0.2) is 6.54 Å². The van der Waals surface area contributed by atoms with Gasteiger partial charge in [0.1, 0.15) is 6.54 Å². The molecule has 1 fully saturated rings. The maximum Gasteiger partial charge on any atom is 0.325 e. The molecule has 0 radical (unpaired) electrons. The Bertz CT molecular complexity index is 771. The van der Waals surface area contributed by atoms with E-state index >= 15 is 0 Å². The molecule has 9 heteroatoms. The number of nitrogens with zero attached hydrogens (tertiary/aromatic N) is 1. The van der Waals surface area contributed by atoms with Crippen LogP contribution in [0.2, 0.25) is 0 Å². The SMILES string of the molecule is COC(=O)CNC(=O)C[NH+]1CCN(S(=O)(=O)c2cc(C)ccc2C)CC1. The molecule has 1 saturated heterocycles. The van der Waals surface area contributed by atoms with Crippen molar-refractivity contribution >= 4 is 21.9 Å². The van der Waals surface area contributed by atoms with E-state index in [1.165, 1.54) is 11.4 Å². The summed E-state index contributed by atoms with van der Waals surface area (Å²) >= 11 is 0. The van der Waals surface area contributed by atoms with Gasteiger partial charge in [0.05, 0.1) is 38.2 Å². The Kier molecular flexibility index (Phi) is 6.74. The van der Waals surface area contributed by atoms with Crippen molar-refractivity contribution in [1.29, 1.82) is 0 Å². The van der Waals surface area contributed by atoms with E-state index in [2.05, 4.69) is 10.1 Å². The molecule has 1 aromatic rings. The number of ether oxygens (including phenoxy) is 1. The van der Waals surface area contributed by atoms with E-state index in [-0.39, 0.29) is 19.0 Å². The standard InChI is InChI=1S/C17H25N3O5S/c1-13-4-5-14(2)15(10-13)26(23,24)20-8-6-19(7-9-20)12-16(21)18-11-17(22)25-3/h4-5,10H,6-9,11-12H2,1-3H3,(H,18,21)/p+1. The molecule has 0 spiro atoms. The van der Waals surface area contributed by atoms with Crippen LogP contribution in [0.4, 0.5) is 0 Å².